The van der Waals surface area contributed by atoms with Gasteiger partial charge >= 0.3 is 6.18 Å². The molecular formula is C26H27F3N4O2. The molecule has 1 aliphatic heterocycles. The first kappa shape index (κ1) is 24.5. The van der Waals surface area contributed by atoms with E-state index in [9.17, 15) is 18.0 Å². The Balaban J connectivity index is 1.27. The summed E-state index contributed by atoms with van der Waals surface area (Å²) in [4.78, 5) is 20.8. The lowest BCUT2D eigenvalue weighted by molar-refractivity contribution is -0.137. The van der Waals surface area contributed by atoms with E-state index in [-0.39, 0.29) is 5.91 Å². The van der Waals surface area contributed by atoms with Gasteiger partial charge in [0.05, 0.1) is 11.3 Å². The quantitative estimate of drug-likeness (QED) is 0.485. The highest BCUT2D eigenvalue weighted by Crippen LogP contribution is 2.30. The van der Waals surface area contributed by atoms with Crippen LogP contribution in [0.4, 0.5) is 24.7 Å². The predicted octanol–water partition coefficient (Wildman–Crippen LogP) is 5.43. The average molecular weight is 485 g/mol. The first-order valence-corrected chi connectivity index (χ1v) is 11.5. The van der Waals surface area contributed by atoms with Crippen molar-refractivity contribution in [2.24, 2.45) is 0 Å². The summed E-state index contributed by atoms with van der Waals surface area (Å²) < 4.78 is 44.3. The van der Waals surface area contributed by atoms with Crippen molar-refractivity contribution in [1.82, 2.24) is 9.88 Å². The number of halogens is 3. The number of carbonyl (C=O) groups excluding carboxylic acids is 1. The molecule has 0 bridgehead atoms. The fraction of sp³-hybridized carbons (Fsp3) is 0.308. The Morgan fingerprint density at radius 1 is 0.943 bits per heavy atom. The van der Waals surface area contributed by atoms with E-state index in [1.54, 1.807) is 12.1 Å². The third-order valence-corrected chi connectivity index (χ3v) is 5.77. The molecule has 0 aliphatic carbocycles. The summed E-state index contributed by atoms with van der Waals surface area (Å²) in [6.45, 7) is 3.42. The Morgan fingerprint density at radius 3 is 2.46 bits per heavy atom. The van der Waals surface area contributed by atoms with Crippen molar-refractivity contribution in [3.63, 3.8) is 0 Å². The number of nitrogens with one attached hydrogen (secondary N) is 1. The van der Waals surface area contributed by atoms with Gasteiger partial charge in [0.1, 0.15) is 11.6 Å². The molecule has 6 nitrogen and oxygen atoms in total. The van der Waals surface area contributed by atoms with Gasteiger partial charge in [-0.15, -0.1) is 0 Å². The predicted molar refractivity (Wildman–Crippen MR) is 129 cm³/mol. The minimum absolute atomic E-state index is 0.111. The molecule has 0 spiro atoms. The number of pyridine rings is 1. The number of anilines is 2. The van der Waals surface area contributed by atoms with Crippen LogP contribution in [0.1, 0.15) is 18.4 Å². The van der Waals surface area contributed by atoms with Gasteiger partial charge in [-0.3, -0.25) is 4.79 Å². The van der Waals surface area contributed by atoms with Gasteiger partial charge in [0, 0.05) is 38.8 Å². The van der Waals surface area contributed by atoms with Crippen molar-refractivity contribution in [3.8, 4) is 11.5 Å². The molecule has 3 aromatic rings. The normalized spacial score (nSPS) is 14.9. The van der Waals surface area contributed by atoms with E-state index < -0.39 is 11.7 Å². The number of carbonyl (C=O) groups is 1. The summed E-state index contributed by atoms with van der Waals surface area (Å²) in [7, 11) is 0. The molecular weight excluding hydrogens is 457 g/mol. The van der Waals surface area contributed by atoms with Crippen LogP contribution in [0.15, 0.2) is 72.9 Å². The van der Waals surface area contributed by atoms with E-state index in [4.69, 9.17) is 4.74 Å². The molecule has 1 aromatic heterocycles. The summed E-state index contributed by atoms with van der Waals surface area (Å²) in [5.41, 5.74) is -0.142. The van der Waals surface area contributed by atoms with Crippen molar-refractivity contribution in [2.45, 2.75) is 19.0 Å². The highest BCUT2D eigenvalue weighted by Gasteiger charge is 2.31. The number of hydrogen-bond donors (Lipinski definition) is 1. The van der Waals surface area contributed by atoms with Crippen molar-refractivity contribution in [2.75, 3.05) is 42.9 Å². The average Bonchev–Trinajstić information content (AvgIpc) is 3.10. The van der Waals surface area contributed by atoms with Crippen LogP contribution in [0.5, 0.6) is 11.5 Å². The minimum atomic E-state index is -4.39. The summed E-state index contributed by atoms with van der Waals surface area (Å²) in [6.07, 6.45) is -2.37. The van der Waals surface area contributed by atoms with E-state index in [1.807, 2.05) is 47.4 Å². The van der Waals surface area contributed by atoms with Gasteiger partial charge in [0.25, 0.3) is 0 Å². The maximum Gasteiger partial charge on any atom is 0.417 e. The Morgan fingerprint density at radius 2 is 1.71 bits per heavy atom. The molecule has 9 heteroatoms. The topological polar surface area (TPSA) is 57.7 Å². The SMILES string of the molecule is O=C(CCN1CCCN(c2ccc(C(F)(F)F)cn2)CC1)Nc1ccccc1Oc1ccccc1. The van der Waals surface area contributed by atoms with Crippen molar-refractivity contribution >= 4 is 17.4 Å². The Kier molecular flexibility index (Phi) is 7.87. The van der Waals surface area contributed by atoms with Gasteiger partial charge in [-0.2, -0.15) is 13.2 Å². The van der Waals surface area contributed by atoms with E-state index in [0.717, 1.165) is 25.2 Å². The highest BCUT2D eigenvalue weighted by molar-refractivity contribution is 5.92. The lowest BCUT2D eigenvalue weighted by Gasteiger charge is -2.23. The molecule has 4 rings (SSSR count). The lowest BCUT2D eigenvalue weighted by atomic mass is 10.2. The highest BCUT2D eigenvalue weighted by atomic mass is 19.4. The number of alkyl halides is 3. The van der Waals surface area contributed by atoms with Crippen LogP contribution in [0.3, 0.4) is 0 Å². The van der Waals surface area contributed by atoms with Crippen LogP contribution in [0.2, 0.25) is 0 Å². The number of aromatic nitrogens is 1. The minimum Gasteiger partial charge on any atom is -0.455 e. The Hall–Kier alpha value is -3.59. The second kappa shape index (κ2) is 11.2. The Bertz CT molecular complexity index is 1110. The molecule has 1 aliphatic rings. The Labute approximate surface area is 202 Å². The summed E-state index contributed by atoms with van der Waals surface area (Å²) in [5.74, 6) is 1.68. The second-order valence-corrected chi connectivity index (χ2v) is 8.29. The zero-order chi connectivity index (χ0) is 24.7. The van der Waals surface area contributed by atoms with Crippen molar-refractivity contribution in [1.29, 1.82) is 0 Å². The van der Waals surface area contributed by atoms with Crippen LogP contribution in [0, 0.1) is 0 Å². The summed E-state index contributed by atoms with van der Waals surface area (Å²) >= 11 is 0. The fourth-order valence-corrected chi connectivity index (χ4v) is 3.91. The molecule has 0 radical (unpaired) electrons. The van der Waals surface area contributed by atoms with Crippen LogP contribution in [0.25, 0.3) is 0 Å². The maximum atomic E-state index is 12.8. The molecule has 2 heterocycles. The molecule has 35 heavy (non-hydrogen) atoms. The molecule has 1 amide bonds. The fourth-order valence-electron chi connectivity index (χ4n) is 3.91. The first-order chi connectivity index (χ1) is 16.9. The lowest BCUT2D eigenvalue weighted by Crippen LogP contribution is -2.33. The number of amides is 1. The second-order valence-electron chi connectivity index (χ2n) is 8.29. The number of benzene rings is 2. The first-order valence-electron chi connectivity index (χ1n) is 11.5. The standard InChI is InChI=1S/C26H27F3N4O2/c27-26(28,29)20-11-12-24(30-19-20)33-15-6-14-32(17-18-33)16-13-25(34)31-22-9-4-5-10-23(22)35-21-7-2-1-3-8-21/h1-5,7-12,19H,6,13-18H2,(H,31,34). The van der Waals surface area contributed by atoms with Gasteiger partial charge in [-0.1, -0.05) is 30.3 Å². The van der Waals surface area contributed by atoms with E-state index in [2.05, 4.69) is 15.2 Å². The van der Waals surface area contributed by atoms with Crippen molar-refractivity contribution < 1.29 is 22.7 Å². The number of hydrogen-bond acceptors (Lipinski definition) is 5. The van der Waals surface area contributed by atoms with E-state index >= 15 is 0 Å². The monoisotopic (exact) mass is 484 g/mol. The van der Waals surface area contributed by atoms with Crippen LogP contribution >= 0.6 is 0 Å². The number of ether oxygens (including phenoxy) is 1. The smallest absolute Gasteiger partial charge is 0.417 e. The zero-order valence-electron chi connectivity index (χ0n) is 19.2. The molecule has 0 saturated carbocycles. The van der Waals surface area contributed by atoms with Gasteiger partial charge < -0.3 is 19.9 Å². The largest absolute Gasteiger partial charge is 0.455 e. The van der Waals surface area contributed by atoms with Crippen molar-refractivity contribution in [3.05, 3.63) is 78.5 Å². The number of para-hydroxylation sites is 3. The molecule has 1 saturated heterocycles. The summed E-state index contributed by atoms with van der Waals surface area (Å²) in [6, 6.07) is 19.1. The van der Waals surface area contributed by atoms with Gasteiger partial charge in [-0.05, 0) is 49.4 Å². The maximum absolute atomic E-state index is 12.8. The molecule has 0 atom stereocenters. The summed E-state index contributed by atoms with van der Waals surface area (Å²) in [5, 5.41) is 2.94. The van der Waals surface area contributed by atoms with Crippen LogP contribution in [-0.4, -0.2) is 48.5 Å². The third kappa shape index (κ3) is 6.95. The molecule has 1 N–H and O–H groups in total. The van der Waals surface area contributed by atoms with E-state index in [1.165, 1.54) is 6.07 Å². The molecule has 1 fully saturated rings. The van der Waals surface area contributed by atoms with Gasteiger partial charge in [0.15, 0.2) is 5.75 Å². The zero-order valence-corrected chi connectivity index (χ0v) is 19.2. The number of rotatable bonds is 7. The van der Waals surface area contributed by atoms with Crippen LogP contribution in [-0.2, 0) is 11.0 Å². The molecule has 0 unspecified atom stereocenters. The van der Waals surface area contributed by atoms with Gasteiger partial charge in [-0.25, -0.2) is 4.98 Å². The van der Waals surface area contributed by atoms with Crippen LogP contribution < -0.4 is 15.0 Å². The number of nitrogens with zero attached hydrogens (tertiary/aromatic N) is 3. The molecule has 184 valence electrons. The van der Waals surface area contributed by atoms with Gasteiger partial charge in [0.2, 0.25) is 5.91 Å². The third-order valence-electron chi connectivity index (χ3n) is 5.77. The molecule has 2 aromatic carbocycles. The van der Waals surface area contributed by atoms with E-state index in [0.29, 0.717) is 55.6 Å².